The van der Waals surface area contributed by atoms with Crippen LogP contribution in [0.15, 0.2) is 29.8 Å². The summed E-state index contributed by atoms with van der Waals surface area (Å²) in [6.45, 7) is 6.45. The molecule has 0 heterocycles. The van der Waals surface area contributed by atoms with E-state index in [2.05, 4.69) is 25.2 Å². The molecule has 1 aliphatic carbocycles. The molecule has 0 aliphatic heterocycles. The minimum Gasteiger partial charge on any atom is -0.333 e. The van der Waals surface area contributed by atoms with Gasteiger partial charge in [0.2, 0.25) is 11.8 Å². The van der Waals surface area contributed by atoms with E-state index in [4.69, 9.17) is 0 Å². The molecular weight excluding hydrogens is 324 g/mol. The molecule has 0 radical (unpaired) electrons. The second-order valence-electron chi connectivity index (χ2n) is 7.01. The zero-order chi connectivity index (χ0) is 18.9. The van der Waals surface area contributed by atoms with E-state index >= 15 is 0 Å². The van der Waals surface area contributed by atoms with Crippen molar-refractivity contribution in [2.45, 2.75) is 65.7 Å². The molecule has 2 rings (SSSR count). The number of hydrogen-bond donors (Lipinski definition) is 1. The molecule has 2 amide bonds. The van der Waals surface area contributed by atoms with Gasteiger partial charge >= 0.3 is 0 Å². The Morgan fingerprint density at radius 3 is 2.35 bits per heavy atom. The number of benzene rings is 1. The molecule has 0 spiro atoms. The van der Waals surface area contributed by atoms with Crippen LogP contribution in [0.5, 0.6) is 0 Å². The fourth-order valence-corrected chi connectivity index (χ4v) is 3.51. The van der Waals surface area contributed by atoms with Crippen LogP contribution in [-0.4, -0.2) is 29.8 Å². The van der Waals surface area contributed by atoms with Crippen molar-refractivity contribution < 1.29 is 9.59 Å². The SMILES string of the molecule is CCc1cccc(CC)c1NC(=O)CN(CCC1=CCCCC1)C(C)=O. The maximum absolute atomic E-state index is 12.6. The first-order chi connectivity index (χ1) is 12.5. The Hall–Kier alpha value is -2.10. The van der Waals surface area contributed by atoms with Gasteiger partial charge in [-0.25, -0.2) is 0 Å². The second kappa shape index (κ2) is 10.1. The molecule has 0 unspecified atom stereocenters. The average Bonchev–Trinajstić information content (AvgIpc) is 2.65. The van der Waals surface area contributed by atoms with Crippen LogP contribution >= 0.6 is 0 Å². The number of anilines is 1. The second-order valence-corrected chi connectivity index (χ2v) is 7.01. The molecule has 0 saturated heterocycles. The van der Waals surface area contributed by atoms with Crippen LogP contribution in [0.3, 0.4) is 0 Å². The number of nitrogens with one attached hydrogen (secondary N) is 1. The fourth-order valence-electron chi connectivity index (χ4n) is 3.51. The lowest BCUT2D eigenvalue weighted by Crippen LogP contribution is -2.37. The highest BCUT2D eigenvalue weighted by Crippen LogP contribution is 2.23. The first-order valence-electron chi connectivity index (χ1n) is 9.89. The summed E-state index contributed by atoms with van der Waals surface area (Å²) in [5.41, 5.74) is 4.62. The van der Waals surface area contributed by atoms with Gasteiger partial charge in [-0.2, -0.15) is 0 Å². The molecule has 0 fully saturated rings. The van der Waals surface area contributed by atoms with Crippen molar-refractivity contribution in [3.05, 3.63) is 41.0 Å². The van der Waals surface area contributed by atoms with Crippen molar-refractivity contribution in [1.82, 2.24) is 4.90 Å². The lowest BCUT2D eigenvalue weighted by atomic mass is 9.97. The first-order valence-corrected chi connectivity index (χ1v) is 9.89. The zero-order valence-corrected chi connectivity index (χ0v) is 16.4. The van der Waals surface area contributed by atoms with Crippen LogP contribution in [0.4, 0.5) is 5.69 Å². The molecule has 1 aliphatic rings. The van der Waals surface area contributed by atoms with Crippen LogP contribution in [-0.2, 0) is 22.4 Å². The Balaban J connectivity index is 1.99. The van der Waals surface area contributed by atoms with Gasteiger partial charge in [0.1, 0.15) is 0 Å². The van der Waals surface area contributed by atoms with E-state index in [1.54, 1.807) is 11.8 Å². The zero-order valence-electron chi connectivity index (χ0n) is 16.4. The monoisotopic (exact) mass is 356 g/mol. The number of allylic oxidation sites excluding steroid dienone is 1. The average molecular weight is 357 g/mol. The lowest BCUT2D eigenvalue weighted by molar-refractivity contribution is -0.132. The number of carbonyl (C=O) groups excluding carboxylic acids is 2. The minimum absolute atomic E-state index is 0.0453. The number of hydrogen-bond acceptors (Lipinski definition) is 2. The van der Waals surface area contributed by atoms with Gasteiger partial charge in [-0.05, 0) is 56.1 Å². The van der Waals surface area contributed by atoms with Crippen LogP contribution < -0.4 is 5.32 Å². The highest BCUT2D eigenvalue weighted by Gasteiger charge is 2.16. The van der Waals surface area contributed by atoms with E-state index < -0.39 is 0 Å². The predicted molar refractivity (Wildman–Crippen MR) is 107 cm³/mol. The Kier molecular flexibility index (Phi) is 7.89. The summed E-state index contributed by atoms with van der Waals surface area (Å²) in [5.74, 6) is -0.163. The van der Waals surface area contributed by atoms with E-state index in [9.17, 15) is 9.59 Å². The Morgan fingerprint density at radius 2 is 1.81 bits per heavy atom. The molecule has 0 saturated carbocycles. The summed E-state index contributed by atoms with van der Waals surface area (Å²) in [6.07, 6.45) is 9.68. The van der Waals surface area contributed by atoms with Crippen LogP contribution in [0, 0.1) is 0 Å². The summed E-state index contributed by atoms with van der Waals surface area (Å²) in [7, 11) is 0. The number of para-hydroxylation sites is 1. The number of nitrogens with zero attached hydrogens (tertiary/aromatic N) is 1. The third kappa shape index (κ3) is 5.72. The Morgan fingerprint density at radius 1 is 1.12 bits per heavy atom. The molecule has 142 valence electrons. The van der Waals surface area contributed by atoms with Crippen molar-refractivity contribution >= 4 is 17.5 Å². The summed E-state index contributed by atoms with van der Waals surface area (Å²) < 4.78 is 0. The van der Waals surface area contributed by atoms with Crippen molar-refractivity contribution in [3.8, 4) is 0 Å². The topological polar surface area (TPSA) is 49.4 Å². The van der Waals surface area contributed by atoms with E-state index in [0.717, 1.165) is 48.9 Å². The molecule has 4 heteroatoms. The Bertz CT molecular complexity index is 642. The summed E-state index contributed by atoms with van der Waals surface area (Å²) >= 11 is 0. The molecule has 1 N–H and O–H groups in total. The van der Waals surface area contributed by atoms with Gasteiger partial charge in [-0.3, -0.25) is 9.59 Å². The first kappa shape index (κ1) is 20.2. The van der Waals surface area contributed by atoms with Gasteiger partial charge in [0.05, 0.1) is 6.54 Å². The van der Waals surface area contributed by atoms with Crippen molar-refractivity contribution in [1.29, 1.82) is 0 Å². The molecule has 1 aromatic carbocycles. The predicted octanol–water partition coefficient (Wildman–Crippen LogP) is 4.49. The number of aryl methyl sites for hydroxylation is 2. The minimum atomic E-state index is -0.117. The van der Waals surface area contributed by atoms with Gasteiger partial charge in [0.25, 0.3) is 0 Å². The van der Waals surface area contributed by atoms with E-state index in [1.165, 1.54) is 18.4 Å². The number of carbonyl (C=O) groups is 2. The molecular formula is C22H32N2O2. The van der Waals surface area contributed by atoms with Crippen molar-refractivity contribution in [3.63, 3.8) is 0 Å². The van der Waals surface area contributed by atoms with E-state index in [0.29, 0.717) is 6.54 Å². The summed E-state index contributed by atoms with van der Waals surface area (Å²) in [5, 5.41) is 3.06. The van der Waals surface area contributed by atoms with Gasteiger partial charge in [-0.1, -0.05) is 43.7 Å². The smallest absolute Gasteiger partial charge is 0.244 e. The van der Waals surface area contributed by atoms with Gasteiger partial charge in [0.15, 0.2) is 0 Å². The Labute approximate surface area is 157 Å². The van der Waals surface area contributed by atoms with Gasteiger partial charge in [-0.15, -0.1) is 0 Å². The summed E-state index contributed by atoms with van der Waals surface area (Å²) in [6, 6.07) is 6.13. The maximum Gasteiger partial charge on any atom is 0.244 e. The van der Waals surface area contributed by atoms with E-state index in [1.807, 2.05) is 18.2 Å². The third-order valence-corrected chi connectivity index (χ3v) is 5.13. The van der Waals surface area contributed by atoms with Gasteiger partial charge < -0.3 is 10.2 Å². The maximum atomic E-state index is 12.6. The summed E-state index contributed by atoms with van der Waals surface area (Å²) in [4.78, 5) is 26.2. The quantitative estimate of drug-likeness (QED) is 0.698. The third-order valence-electron chi connectivity index (χ3n) is 5.13. The molecule has 0 atom stereocenters. The number of amides is 2. The highest BCUT2D eigenvalue weighted by atomic mass is 16.2. The van der Waals surface area contributed by atoms with Crippen LogP contribution in [0.1, 0.15) is 64.0 Å². The van der Waals surface area contributed by atoms with Crippen molar-refractivity contribution in [2.75, 3.05) is 18.4 Å². The molecule has 4 nitrogen and oxygen atoms in total. The standard InChI is InChI=1S/C22H32N2O2/c1-4-19-12-9-13-20(5-2)22(19)23-21(26)16-24(17(3)25)15-14-18-10-7-6-8-11-18/h9-10,12-13H,4-8,11,14-16H2,1-3H3,(H,23,26). The van der Waals surface area contributed by atoms with Crippen LogP contribution in [0.25, 0.3) is 0 Å². The van der Waals surface area contributed by atoms with Crippen LogP contribution in [0.2, 0.25) is 0 Å². The largest absolute Gasteiger partial charge is 0.333 e. The van der Waals surface area contributed by atoms with E-state index in [-0.39, 0.29) is 18.4 Å². The highest BCUT2D eigenvalue weighted by molar-refractivity contribution is 5.95. The molecule has 0 aromatic heterocycles. The number of rotatable bonds is 8. The molecule has 1 aromatic rings. The molecule has 0 bridgehead atoms. The van der Waals surface area contributed by atoms with Crippen molar-refractivity contribution in [2.24, 2.45) is 0 Å². The lowest BCUT2D eigenvalue weighted by Gasteiger charge is -2.23. The normalized spacial score (nSPS) is 13.9. The van der Waals surface area contributed by atoms with Gasteiger partial charge in [0, 0.05) is 19.2 Å². The fraction of sp³-hybridized carbons (Fsp3) is 0.545. The molecule has 26 heavy (non-hydrogen) atoms.